The van der Waals surface area contributed by atoms with Gasteiger partial charge in [0, 0.05) is 5.02 Å². The lowest BCUT2D eigenvalue weighted by molar-refractivity contribution is -0.856. The van der Waals surface area contributed by atoms with Crippen LogP contribution in [0.1, 0.15) is 0 Å². The number of halogens is 2. The standard InChI is InChI=1S/C13H18Cl2N4O2S/c1-19(2)6-5-16-13(22)18-17-12(20)8-21-11-4-3-9(14)7-10(11)15/h3-4,7H,5-6,8H2,1-2H3,(H,17,20)(H2,16,18,22)/p+1. The maximum atomic E-state index is 11.6. The van der Waals surface area contributed by atoms with E-state index >= 15 is 0 Å². The van der Waals surface area contributed by atoms with Crippen LogP contribution in [0.3, 0.4) is 0 Å². The first kappa shape index (κ1) is 18.8. The van der Waals surface area contributed by atoms with Crippen molar-refractivity contribution in [1.82, 2.24) is 16.2 Å². The Morgan fingerprint density at radius 2 is 2.05 bits per heavy atom. The van der Waals surface area contributed by atoms with Gasteiger partial charge in [0.05, 0.1) is 32.2 Å². The Bertz CT molecular complexity index is 529. The van der Waals surface area contributed by atoms with Crippen molar-refractivity contribution in [2.75, 3.05) is 33.8 Å². The van der Waals surface area contributed by atoms with Crippen LogP contribution in [0.4, 0.5) is 0 Å². The van der Waals surface area contributed by atoms with Gasteiger partial charge in [-0.15, -0.1) is 0 Å². The van der Waals surface area contributed by atoms with E-state index in [1.54, 1.807) is 18.2 Å². The Labute approximate surface area is 145 Å². The van der Waals surface area contributed by atoms with Crippen LogP contribution in [0.2, 0.25) is 10.0 Å². The van der Waals surface area contributed by atoms with Gasteiger partial charge in [0.1, 0.15) is 5.75 Å². The van der Waals surface area contributed by atoms with Gasteiger partial charge in [-0.1, -0.05) is 23.2 Å². The van der Waals surface area contributed by atoms with E-state index in [0.29, 0.717) is 27.5 Å². The summed E-state index contributed by atoms with van der Waals surface area (Å²) in [5, 5.41) is 4.16. The fraction of sp³-hybridized carbons (Fsp3) is 0.385. The highest BCUT2D eigenvalue weighted by Crippen LogP contribution is 2.27. The minimum Gasteiger partial charge on any atom is -0.482 e. The highest BCUT2D eigenvalue weighted by atomic mass is 35.5. The van der Waals surface area contributed by atoms with E-state index < -0.39 is 0 Å². The molecule has 0 heterocycles. The summed E-state index contributed by atoms with van der Waals surface area (Å²) in [6.45, 7) is 1.42. The van der Waals surface area contributed by atoms with E-state index in [1.807, 2.05) is 14.1 Å². The van der Waals surface area contributed by atoms with E-state index in [2.05, 4.69) is 16.2 Å². The molecule has 6 nitrogen and oxygen atoms in total. The predicted molar refractivity (Wildman–Crippen MR) is 91.5 cm³/mol. The van der Waals surface area contributed by atoms with Crippen molar-refractivity contribution >= 4 is 46.4 Å². The number of carbonyl (C=O) groups excluding carboxylic acids is 1. The fourth-order valence-electron chi connectivity index (χ4n) is 1.37. The molecule has 0 bridgehead atoms. The van der Waals surface area contributed by atoms with Crippen molar-refractivity contribution in [2.24, 2.45) is 0 Å². The predicted octanol–water partition coefficient (Wildman–Crippen LogP) is 0.0120. The molecule has 1 aromatic carbocycles. The number of hydrogen-bond donors (Lipinski definition) is 4. The molecule has 4 N–H and O–H groups in total. The van der Waals surface area contributed by atoms with Gasteiger partial charge in [-0.25, -0.2) is 0 Å². The summed E-state index contributed by atoms with van der Waals surface area (Å²) in [4.78, 5) is 12.9. The van der Waals surface area contributed by atoms with Gasteiger partial charge in [0.25, 0.3) is 5.91 Å². The zero-order chi connectivity index (χ0) is 16.5. The lowest BCUT2D eigenvalue weighted by Crippen LogP contribution is -3.06. The molecule has 0 spiro atoms. The number of thiocarbonyl (C=S) groups is 1. The van der Waals surface area contributed by atoms with E-state index in [-0.39, 0.29) is 12.5 Å². The van der Waals surface area contributed by atoms with E-state index in [9.17, 15) is 4.79 Å². The van der Waals surface area contributed by atoms with Crippen LogP contribution in [0.25, 0.3) is 0 Å². The number of rotatable bonds is 6. The second-order valence-electron chi connectivity index (χ2n) is 4.75. The normalized spacial score (nSPS) is 10.2. The molecular weight excluding hydrogens is 347 g/mol. The number of benzene rings is 1. The second-order valence-corrected chi connectivity index (χ2v) is 6.00. The number of hydrogen-bond acceptors (Lipinski definition) is 3. The summed E-state index contributed by atoms with van der Waals surface area (Å²) >= 11 is 16.7. The van der Waals surface area contributed by atoms with Crippen molar-refractivity contribution in [3.63, 3.8) is 0 Å². The Kier molecular flexibility index (Phi) is 8.26. The molecule has 0 fully saturated rings. The molecule has 0 unspecified atom stereocenters. The average Bonchev–Trinajstić information content (AvgIpc) is 2.43. The summed E-state index contributed by atoms with van der Waals surface area (Å²) < 4.78 is 5.29. The minimum atomic E-state index is -0.381. The SMILES string of the molecule is C[NH+](C)CCNC(=S)NNC(=O)COc1ccc(Cl)cc1Cl. The summed E-state index contributed by atoms with van der Waals surface area (Å²) in [7, 11) is 4.08. The molecule has 122 valence electrons. The third-order valence-corrected chi connectivity index (χ3v) is 3.26. The fourth-order valence-corrected chi connectivity index (χ4v) is 1.98. The monoisotopic (exact) mass is 365 g/mol. The molecule has 0 aliphatic rings. The molecule has 1 amide bonds. The Morgan fingerprint density at radius 3 is 2.68 bits per heavy atom. The summed E-state index contributed by atoms with van der Waals surface area (Å²) in [5.74, 6) is 0.00396. The lowest BCUT2D eigenvalue weighted by Gasteiger charge is -2.13. The van der Waals surface area contributed by atoms with Crippen LogP contribution in [0.5, 0.6) is 5.75 Å². The van der Waals surface area contributed by atoms with Crippen molar-refractivity contribution < 1.29 is 14.4 Å². The maximum Gasteiger partial charge on any atom is 0.276 e. The first-order chi connectivity index (χ1) is 10.4. The van der Waals surface area contributed by atoms with Crippen LogP contribution in [0.15, 0.2) is 18.2 Å². The Balaban J connectivity index is 2.24. The highest BCUT2D eigenvalue weighted by molar-refractivity contribution is 7.80. The number of quaternary nitrogens is 1. The van der Waals surface area contributed by atoms with Crippen LogP contribution in [-0.2, 0) is 4.79 Å². The summed E-state index contributed by atoms with van der Waals surface area (Å²) in [5.41, 5.74) is 5.02. The highest BCUT2D eigenvalue weighted by Gasteiger charge is 2.07. The average molecular weight is 366 g/mol. The van der Waals surface area contributed by atoms with Gasteiger partial charge >= 0.3 is 0 Å². The molecule has 1 rings (SSSR count). The smallest absolute Gasteiger partial charge is 0.276 e. The zero-order valence-corrected chi connectivity index (χ0v) is 14.7. The first-order valence-electron chi connectivity index (χ1n) is 6.58. The van der Waals surface area contributed by atoms with Gasteiger partial charge < -0.3 is 15.0 Å². The van der Waals surface area contributed by atoms with E-state index in [4.69, 9.17) is 40.2 Å². The Hall–Kier alpha value is -1.28. The van der Waals surface area contributed by atoms with Crippen LogP contribution in [-0.4, -0.2) is 44.8 Å². The van der Waals surface area contributed by atoms with Crippen molar-refractivity contribution in [1.29, 1.82) is 0 Å². The van der Waals surface area contributed by atoms with Crippen molar-refractivity contribution in [2.45, 2.75) is 0 Å². The summed E-state index contributed by atoms with van der Waals surface area (Å²) in [6.07, 6.45) is 0. The Morgan fingerprint density at radius 1 is 1.32 bits per heavy atom. The van der Waals surface area contributed by atoms with Gasteiger partial charge in [0.15, 0.2) is 11.7 Å². The zero-order valence-electron chi connectivity index (χ0n) is 12.3. The number of ether oxygens (including phenoxy) is 1. The number of amides is 1. The number of carbonyl (C=O) groups is 1. The van der Waals surface area contributed by atoms with E-state index in [0.717, 1.165) is 6.54 Å². The molecule has 0 aliphatic heterocycles. The molecule has 0 saturated heterocycles. The second kappa shape index (κ2) is 9.68. The summed E-state index contributed by atoms with van der Waals surface area (Å²) in [6, 6.07) is 4.77. The third kappa shape index (κ3) is 7.65. The molecule has 0 saturated carbocycles. The van der Waals surface area contributed by atoms with Crippen LogP contribution < -0.4 is 25.8 Å². The molecule has 0 aliphatic carbocycles. The molecule has 0 radical (unpaired) electrons. The number of hydrazine groups is 1. The molecule has 9 heteroatoms. The number of likely N-dealkylation sites (N-methyl/N-ethyl adjacent to an activating group) is 1. The van der Waals surface area contributed by atoms with Gasteiger partial charge in [0.2, 0.25) is 0 Å². The van der Waals surface area contributed by atoms with Crippen molar-refractivity contribution in [3.8, 4) is 5.75 Å². The molecular formula is C13H19Cl2N4O2S+. The first-order valence-corrected chi connectivity index (χ1v) is 7.74. The minimum absolute atomic E-state index is 0.196. The number of nitrogens with one attached hydrogen (secondary N) is 4. The quantitative estimate of drug-likeness (QED) is 0.422. The topological polar surface area (TPSA) is 66.8 Å². The molecule has 22 heavy (non-hydrogen) atoms. The van der Waals surface area contributed by atoms with Crippen molar-refractivity contribution in [3.05, 3.63) is 28.2 Å². The maximum absolute atomic E-state index is 11.6. The molecule has 0 atom stereocenters. The van der Waals surface area contributed by atoms with E-state index in [1.165, 1.54) is 4.90 Å². The van der Waals surface area contributed by atoms with Crippen LogP contribution in [0, 0.1) is 0 Å². The van der Waals surface area contributed by atoms with Gasteiger partial charge in [-0.3, -0.25) is 15.6 Å². The van der Waals surface area contributed by atoms with Gasteiger partial charge in [-0.05, 0) is 30.4 Å². The van der Waals surface area contributed by atoms with Crippen LogP contribution >= 0.6 is 35.4 Å². The molecule has 0 aromatic heterocycles. The molecule has 1 aromatic rings. The lowest BCUT2D eigenvalue weighted by atomic mass is 10.3. The van der Waals surface area contributed by atoms with Gasteiger partial charge in [-0.2, -0.15) is 0 Å². The third-order valence-electron chi connectivity index (χ3n) is 2.48. The largest absolute Gasteiger partial charge is 0.482 e.